The van der Waals surface area contributed by atoms with Gasteiger partial charge < -0.3 is 20.7 Å². The molecule has 1 aromatic rings. The molecule has 0 bridgehead atoms. The summed E-state index contributed by atoms with van der Waals surface area (Å²) in [6.07, 6.45) is 1.60. The average molecular weight is 294 g/mol. The van der Waals surface area contributed by atoms with Crippen LogP contribution in [0.1, 0.15) is 26.3 Å². The molecule has 1 rings (SSSR count). The molecule has 0 unspecified atom stereocenters. The fourth-order valence-corrected chi connectivity index (χ4v) is 1.54. The third-order valence-corrected chi connectivity index (χ3v) is 2.39. The van der Waals surface area contributed by atoms with Crippen LogP contribution in [0.25, 0.3) is 0 Å². The molecule has 3 N–H and O–H groups in total. The minimum absolute atomic E-state index is 0.0667. The highest BCUT2D eigenvalue weighted by molar-refractivity contribution is 5.84. The minimum Gasteiger partial charge on any atom is -0.481 e. The van der Waals surface area contributed by atoms with Crippen molar-refractivity contribution in [3.8, 4) is 5.88 Å². The molecule has 0 aliphatic rings. The summed E-state index contributed by atoms with van der Waals surface area (Å²) in [5.41, 5.74) is 0.541. The van der Waals surface area contributed by atoms with E-state index in [0.29, 0.717) is 12.4 Å². The molecule has 0 fully saturated rings. The Kier molecular flexibility index (Phi) is 5.95. The van der Waals surface area contributed by atoms with E-state index in [-0.39, 0.29) is 18.0 Å². The van der Waals surface area contributed by atoms with Crippen molar-refractivity contribution in [1.82, 2.24) is 20.9 Å². The normalized spacial score (nSPS) is 10.7. The van der Waals surface area contributed by atoms with E-state index < -0.39 is 6.03 Å². The maximum Gasteiger partial charge on any atom is 0.315 e. The molecule has 7 nitrogen and oxygen atoms in total. The van der Waals surface area contributed by atoms with E-state index in [4.69, 9.17) is 4.74 Å². The summed E-state index contributed by atoms with van der Waals surface area (Å²) in [6.45, 7) is 5.89. The number of nitrogens with one attached hydrogen (secondary N) is 3. The van der Waals surface area contributed by atoms with Crippen LogP contribution in [0.3, 0.4) is 0 Å². The van der Waals surface area contributed by atoms with Gasteiger partial charge in [0.05, 0.1) is 13.7 Å². The van der Waals surface area contributed by atoms with Gasteiger partial charge in [0.1, 0.15) is 0 Å². The number of methoxy groups -OCH3 is 1. The fourth-order valence-electron chi connectivity index (χ4n) is 1.54. The van der Waals surface area contributed by atoms with Crippen molar-refractivity contribution in [3.05, 3.63) is 23.9 Å². The summed E-state index contributed by atoms with van der Waals surface area (Å²) in [7, 11) is 1.53. The summed E-state index contributed by atoms with van der Waals surface area (Å²) in [5.74, 6) is 0.252. The maximum atomic E-state index is 11.6. The number of nitrogens with zero attached hydrogens (tertiary/aromatic N) is 1. The van der Waals surface area contributed by atoms with Gasteiger partial charge in [-0.25, -0.2) is 9.78 Å². The second-order valence-electron chi connectivity index (χ2n) is 5.54. The first-order chi connectivity index (χ1) is 9.80. The van der Waals surface area contributed by atoms with Gasteiger partial charge in [-0.2, -0.15) is 0 Å². The standard InChI is InChI=1S/C14H22N4O3/c1-14(2,3)18-11(19)9-17-13(20)16-8-10-5-6-15-12(7-10)21-4/h5-7H,8-9H2,1-4H3,(H,18,19)(H2,16,17,20). The Morgan fingerprint density at radius 2 is 2.00 bits per heavy atom. The van der Waals surface area contributed by atoms with Crippen molar-refractivity contribution < 1.29 is 14.3 Å². The Labute approximate surface area is 124 Å². The third-order valence-electron chi connectivity index (χ3n) is 2.39. The molecule has 116 valence electrons. The zero-order valence-electron chi connectivity index (χ0n) is 12.8. The van der Waals surface area contributed by atoms with Gasteiger partial charge in [0.15, 0.2) is 0 Å². The number of pyridine rings is 1. The van der Waals surface area contributed by atoms with Gasteiger partial charge in [-0.1, -0.05) is 0 Å². The monoisotopic (exact) mass is 294 g/mol. The Balaban J connectivity index is 2.32. The lowest BCUT2D eigenvalue weighted by atomic mass is 10.1. The number of aromatic nitrogens is 1. The van der Waals surface area contributed by atoms with Crippen LogP contribution >= 0.6 is 0 Å². The van der Waals surface area contributed by atoms with Crippen molar-refractivity contribution in [2.24, 2.45) is 0 Å². The number of hydrogen-bond acceptors (Lipinski definition) is 4. The van der Waals surface area contributed by atoms with E-state index in [1.54, 1.807) is 18.3 Å². The molecule has 0 saturated carbocycles. The van der Waals surface area contributed by atoms with Gasteiger partial charge in [-0.15, -0.1) is 0 Å². The number of amides is 3. The summed E-state index contributed by atoms with van der Waals surface area (Å²) in [5, 5.41) is 7.91. The molecule has 0 aliphatic heterocycles. The van der Waals surface area contributed by atoms with Gasteiger partial charge in [0, 0.05) is 24.3 Å². The predicted molar refractivity (Wildman–Crippen MR) is 78.9 cm³/mol. The molecule has 0 aromatic carbocycles. The second kappa shape index (κ2) is 7.47. The van der Waals surface area contributed by atoms with E-state index in [1.807, 2.05) is 20.8 Å². The van der Waals surface area contributed by atoms with Crippen LogP contribution in [-0.4, -0.2) is 36.1 Å². The molecule has 21 heavy (non-hydrogen) atoms. The maximum absolute atomic E-state index is 11.6. The van der Waals surface area contributed by atoms with Gasteiger partial charge in [0.25, 0.3) is 0 Å². The van der Waals surface area contributed by atoms with Crippen LogP contribution < -0.4 is 20.7 Å². The highest BCUT2D eigenvalue weighted by Gasteiger charge is 2.14. The Hall–Kier alpha value is -2.31. The SMILES string of the molecule is COc1cc(CNC(=O)NCC(=O)NC(C)(C)C)ccn1. The minimum atomic E-state index is -0.408. The van der Waals surface area contributed by atoms with E-state index in [2.05, 4.69) is 20.9 Å². The molecule has 0 aliphatic carbocycles. The van der Waals surface area contributed by atoms with Gasteiger partial charge in [-0.05, 0) is 32.4 Å². The Bertz CT molecular complexity index is 497. The lowest BCUT2D eigenvalue weighted by molar-refractivity contribution is -0.121. The van der Waals surface area contributed by atoms with E-state index in [0.717, 1.165) is 5.56 Å². The molecule has 0 saturated heterocycles. The lowest BCUT2D eigenvalue weighted by Gasteiger charge is -2.20. The molecule has 0 radical (unpaired) electrons. The number of carbonyl (C=O) groups excluding carboxylic acids is 2. The van der Waals surface area contributed by atoms with Crippen molar-refractivity contribution in [2.45, 2.75) is 32.9 Å². The van der Waals surface area contributed by atoms with Crippen molar-refractivity contribution >= 4 is 11.9 Å². The average Bonchev–Trinajstić information content (AvgIpc) is 2.41. The van der Waals surface area contributed by atoms with Crippen LogP contribution in [0.15, 0.2) is 18.3 Å². The molecule has 1 heterocycles. The Morgan fingerprint density at radius 3 is 2.62 bits per heavy atom. The topological polar surface area (TPSA) is 92.4 Å². The summed E-state index contributed by atoms with van der Waals surface area (Å²) < 4.78 is 4.99. The number of carbonyl (C=O) groups is 2. The molecular formula is C14H22N4O3. The van der Waals surface area contributed by atoms with Crippen molar-refractivity contribution in [2.75, 3.05) is 13.7 Å². The number of hydrogen-bond donors (Lipinski definition) is 3. The fraction of sp³-hybridized carbons (Fsp3) is 0.500. The van der Waals surface area contributed by atoms with Crippen LogP contribution in [0.2, 0.25) is 0 Å². The van der Waals surface area contributed by atoms with Crippen molar-refractivity contribution in [1.29, 1.82) is 0 Å². The first kappa shape index (κ1) is 16.7. The quantitative estimate of drug-likeness (QED) is 0.749. The summed E-state index contributed by atoms with van der Waals surface area (Å²) in [4.78, 5) is 27.1. The predicted octanol–water partition coefficient (Wildman–Crippen LogP) is 0.804. The molecular weight excluding hydrogens is 272 g/mol. The molecule has 0 atom stereocenters. The molecule has 3 amide bonds. The van der Waals surface area contributed by atoms with Crippen LogP contribution in [-0.2, 0) is 11.3 Å². The first-order valence-corrected chi connectivity index (χ1v) is 6.62. The smallest absolute Gasteiger partial charge is 0.315 e. The van der Waals surface area contributed by atoms with E-state index in [9.17, 15) is 9.59 Å². The molecule has 0 spiro atoms. The second-order valence-corrected chi connectivity index (χ2v) is 5.54. The van der Waals surface area contributed by atoms with Crippen molar-refractivity contribution in [3.63, 3.8) is 0 Å². The third kappa shape index (κ3) is 7.14. The molecule has 7 heteroatoms. The van der Waals surface area contributed by atoms with Gasteiger partial charge in [0.2, 0.25) is 11.8 Å². The highest BCUT2D eigenvalue weighted by atomic mass is 16.5. The van der Waals surface area contributed by atoms with E-state index in [1.165, 1.54) is 7.11 Å². The van der Waals surface area contributed by atoms with Gasteiger partial charge >= 0.3 is 6.03 Å². The number of rotatable bonds is 5. The van der Waals surface area contributed by atoms with Gasteiger partial charge in [-0.3, -0.25) is 4.79 Å². The van der Waals surface area contributed by atoms with Crippen LogP contribution in [0.5, 0.6) is 5.88 Å². The first-order valence-electron chi connectivity index (χ1n) is 6.62. The highest BCUT2D eigenvalue weighted by Crippen LogP contribution is 2.07. The molecule has 1 aromatic heterocycles. The lowest BCUT2D eigenvalue weighted by Crippen LogP contribution is -2.47. The van der Waals surface area contributed by atoms with E-state index >= 15 is 0 Å². The van der Waals surface area contributed by atoms with Crippen LogP contribution in [0, 0.1) is 0 Å². The summed E-state index contributed by atoms with van der Waals surface area (Å²) in [6, 6.07) is 3.09. The largest absolute Gasteiger partial charge is 0.481 e. The zero-order chi connectivity index (χ0) is 15.9. The number of urea groups is 1. The van der Waals surface area contributed by atoms with Crippen LogP contribution in [0.4, 0.5) is 4.79 Å². The summed E-state index contributed by atoms with van der Waals surface area (Å²) >= 11 is 0. The Morgan fingerprint density at radius 1 is 1.29 bits per heavy atom. The zero-order valence-corrected chi connectivity index (χ0v) is 12.8. The number of ether oxygens (including phenoxy) is 1.